The zero-order valence-corrected chi connectivity index (χ0v) is 20.2. The number of para-hydroxylation sites is 3. The number of benzene rings is 3. The van der Waals surface area contributed by atoms with Crippen molar-refractivity contribution in [3.05, 3.63) is 93.8 Å². The van der Waals surface area contributed by atoms with Crippen LogP contribution in [0.4, 0.5) is 0 Å². The number of amides is 1. The smallest absolute Gasteiger partial charge is 0.255 e. The second kappa shape index (κ2) is 9.10. The monoisotopic (exact) mass is 441 g/mol. The van der Waals surface area contributed by atoms with Gasteiger partial charge in [0.1, 0.15) is 11.6 Å². The molecule has 0 radical (unpaired) electrons. The summed E-state index contributed by atoms with van der Waals surface area (Å²) in [6.07, 6.45) is 0. The number of methoxy groups -OCH3 is 1. The van der Waals surface area contributed by atoms with Crippen molar-refractivity contribution in [3.8, 4) is 5.75 Å². The fraction of sp³-hybridized carbons (Fsp3) is 0.286. The Morgan fingerprint density at radius 3 is 2.33 bits per heavy atom. The molecule has 0 spiro atoms. The Hall–Kier alpha value is -3.60. The van der Waals surface area contributed by atoms with E-state index < -0.39 is 0 Å². The standard InChI is InChI=1S/C28H31N3O2/c1-17-15-18(2)20(4)23(19(17)3)16-31-25-13-9-8-12-24(25)30-27(31)21(5)29-28(32)22-11-7-10-14-26(22)33-6/h7-15,21H,16H2,1-6H3,(H,29,32). The van der Waals surface area contributed by atoms with E-state index in [0.29, 0.717) is 17.9 Å². The van der Waals surface area contributed by atoms with Gasteiger partial charge in [-0.1, -0.05) is 30.3 Å². The van der Waals surface area contributed by atoms with E-state index >= 15 is 0 Å². The number of hydrogen-bond donors (Lipinski definition) is 1. The summed E-state index contributed by atoms with van der Waals surface area (Å²) >= 11 is 0. The maximum atomic E-state index is 13.1. The van der Waals surface area contributed by atoms with E-state index in [2.05, 4.69) is 49.7 Å². The number of nitrogens with one attached hydrogen (secondary N) is 1. The number of aromatic nitrogens is 2. The first-order valence-corrected chi connectivity index (χ1v) is 11.3. The first-order valence-electron chi connectivity index (χ1n) is 11.3. The van der Waals surface area contributed by atoms with Gasteiger partial charge in [-0.15, -0.1) is 0 Å². The molecule has 0 aliphatic heterocycles. The highest BCUT2D eigenvalue weighted by molar-refractivity contribution is 5.97. The van der Waals surface area contributed by atoms with Crippen molar-refractivity contribution in [3.63, 3.8) is 0 Å². The van der Waals surface area contributed by atoms with Gasteiger partial charge in [-0.25, -0.2) is 4.98 Å². The van der Waals surface area contributed by atoms with Crippen LogP contribution in [0.1, 0.15) is 57.0 Å². The molecule has 3 aromatic carbocycles. The Bertz CT molecular complexity index is 1310. The number of hydrogen-bond acceptors (Lipinski definition) is 3. The normalized spacial score (nSPS) is 12.1. The third-order valence-corrected chi connectivity index (χ3v) is 6.61. The van der Waals surface area contributed by atoms with E-state index in [9.17, 15) is 4.79 Å². The Labute approximate surface area is 195 Å². The number of nitrogens with zero attached hydrogens (tertiary/aromatic N) is 2. The molecule has 1 atom stereocenters. The molecule has 1 amide bonds. The topological polar surface area (TPSA) is 56.1 Å². The Balaban J connectivity index is 1.75. The average Bonchev–Trinajstić information content (AvgIpc) is 3.19. The number of aryl methyl sites for hydroxylation is 2. The van der Waals surface area contributed by atoms with Crippen molar-refractivity contribution in [2.45, 2.75) is 47.2 Å². The second-order valence-electron chi connectivity index (χ2n) is 8.68. The highest BCUT2D eigenvalue weighted by Crippen LogP contribution is 2.28. The van der Waals surface area contributed by atoms with Crippen LogP contribution < -0.4 is 10.1 Å². The lowest BCUT2D eigenvalue weighted by Gasteiger charge is -2.20. The van der Waals surface area contributed by atoms with E-state index in [-0.39, 0.29) is 11.9 Å². The molecule has 5 heteroatoms. The average molecular weight is 442 g/mol. The van der Waals surface area contributed by atoms with E-state index in [0.717, 1.165) is 16.9 Å². The van der Waals surface area contributed by atoms with Crippen LogP contribution >= 0.6 is 0 Å². The number of imidazole rings is 1. The van der Waals surface area contributed by atoms with Crippen molar-refractivity contribution < 1.29 is 9.53 Å². The minimum atomic E-state index is -0.290. The minimum absolute atomic E-state index is 0.183. The summed E-state index contributed by atoms with van der Waals surface area (Å²) in [5.74, 6) is 1.20. The van der Waals surface area contributed by atoms with Gasteiger partial charge in [-0.3, -0.25) is 4.79 Å². The summed E-state index contributed by atoms with van der Waals surface area (Å²) < 4.78 is 7.60. The quantitative estimate of drug-likeness (QED) is 0.410. The molecule has 4 aromatic rings. The highest BCUT2D eigenvalue weighted by atomic mass is 16.5. The maximum absolute atomic E-state index is 13.1. The van der Waals surface area contributed by atoms with Crippen molar-refractivity contribution >= 4 is 16.9 Å². The summed E-state index contributed by atoms with van der Waals surface area (Å²) in [6.45, 7) is 11.4. The van der Waals surface area contributed by atoms with Crippen LogP contribution in [0.5, 0.6) is 5.75 Å². The molecule has 0 bridgehead atoms. The van der Waals surface area contributed by atoms with Crippen LogP contribution in [0, 0.1) is 27.7 Å². The number of fused-ring (bicyclic) bond motifs is 1. The van der Waals surface area contributed by atoms with E-state index in [1.165, 1.54) is 27.8 Å². The van der Waals surface area contributed by atoms with Crippen LogP contribution in [-0.4, -0.2) is 22.6 Å². The first kappa shape index (κ1) is 22.6. The van der Waals surface area contributed by atoms with E-state index in [4.69, 9.17) is 9.72 Å². The number of carbonyl (C=O) groups excluding carboxylic acids is 1. The van der Waals surface area contributed by atoms with Gasteiger partial charge >= 0.3 is 0 Å². The van der Waals surface area contributed by atoms with Gasteiger partial charge in [-0.2, -0.15) is 0 Å². The van der Waals surface area contributed by atoms with Crippen molar-refractivity contribution in [1.29, 1.82) is 0 Å². The molecular formula is C28H31N3O2. The van der Waals surface area contributed by atoms with E-state index in [1.54, 1.807) is 19.2 Å². The number of rotatable bonds is 6. The van der Waals surface area contributed by atoms with Crippen LogP contribution in [0.2, 0.25) is 0 Å². The summed E-state index contributed by atoms with van der Waals surface area (Å²) in [5, 5.41) is 3.12. The van der Waals surface area contributed by atoms with Gasteiger partial charge in [0.05, 0.1) is 29.7 Å². The van der Waals surface area contributed by atoms with E-state index in [1.807, 2.05) is 37.3 Å². The number of carbonyl (C=O) groups is 1. The van der Waals surface area contributed by atoms with Crippen LogP contribution in [-0.2, 0) is 6.54 Å². The Morgan fingerprint density at radius 2 is 1.64 bits per heavy atom. The maximum Gasteiger partial charge on any atom is 0.255 e. The predicted molar refractivity (Wildman–Crippen MR) is 133 cm³/mol. The molecule has 4 rings (SSSR count). The van der Waals surface area contributed by atoms with Crippen LogP contribution in [0.15, 0.2) is 54.6 Å². The molecule has 0 saturated carbocycles. The third kappa shape index (κ3) is 4.23. The molecule has 1 heterocycles. The third-order valence-electron chi connectivity index (χ3n) is 6.61. The van der Waals surface area contributed by atoms with Crippen molar-refractivity contribution in [2.75, 3.05) is 7.11 Å². The van der Waals surface area contributed by atoms with Gasteiger partial charge in [0.25, 0.3) is 5.91 Å². The van der Waals surface area contributed by atoms with Crippen molar-refractivity contribution in [2.24, 2.45) is 0 Å². The number of ether oxygens (including phenoxy) is 1. The lowest BCUT2D eigenvalue weighted by atomic mass is 9.94. The molecule has 1 aromatic heterocycles. The molecule has 1 unspecified atom stereocenters. The zero-order chi connectivity index (χ0) is 23.7. The minimum Gasteiger partial charge on any atom is -0.496 e. The highest BCUT2D eigenvalue weighted by Gasteiger charge is 2.22. The van der Waals surface area contributed by atoms with Crippen molar-refractivity contribution in [1.82, 2.24) is 14.9 Å². The van der Waals surface area contributed by atoms with Crippen LogP contribution in [0.25, 0.3) is 11.0 Å². The van der Waals surface area contributed by atoms with Gasteiger partial charge in [-0.05, 0) is 86.7 Å². The summed E-state index contributed by atoms with van der Waals surface area (Å²) in [7, 11) is 1.57. The summed E-state index contributed by atoms with van der Waals surface area (Å²) in [6, 6.07) is 17.3. The summed E-state index contributed by atoms with van der Waals surface area (Å²) in [5.41, 5.74) is 8.97. The molecular weight excluding hydrogens is 410 g/mol. The zero-order valence-electron chi connectivity index (χ0n) is 20.2. The fourth-order valence-corrected chi connectivity index (χ4v) is 4.46. The fourth-order valence-electron chi connectivity index (χ4n) is 4.46. The molecule has 170 valence electrons. The van der Waals surface area contributed by atoms with Gasteiger partial charge in [0, 0.05) is 6.54 Å². The lowest BCUT2D eigenvalue weighted by Crippen LogP contribution is -2.29. The predicted octanol–water partition coefficient (Wildman–Crippen LogP) is 5.82. The second-order valence-corrected chi connectivity index (χ2v) is 8.68. The Kier molecular flexibility index (Phi) is 6.23. The lowest BCUT2D eigenvalue weighted by molar-refractivity contribution is 0.0934. The molecule has 0 saturated heterocycles. The molecule has 0 aliphatic rings. The SMILES string of the molecule is COc1ccccc1C(=O)NC(C)c1nc2ccccc2n1Cc1c(C)c(C)cc(C)c1C. The van der Waals surface area contributed by atoms with Gasteiger partial charge in [0.2, 0.25) is 0 Å². The molecule has 33 heavy (non-hydrogen) atoms. The largest absolute Gasteiger partial charge is 0.496 e. The summed E-state index contributed by atoms with van der Waals surface area (Å²) in [4.78, 5) is 18.0. The molecule has 0 aliphatic carbocycles. The molecule has 1 N–H and O–H groups in total. The Morgan fingerprint density at radius 1 is 1.00 bits per heavy atom. The van der Waals surface area contributed by atoms with Gasteiger partial charge in [0.15, 0.2) is 0 Å². The van der Waals surface area contributed by atoms with Gasteiger partial charge < -0.3 is 14.6 Å². The first-order chi connectivity index (χ1) is 15.8. The van der Waals surface area contributed by atoms with Crippen LogP contribution in [0.3, 0.4) is 0 Å². The molecule has 0 fully saturated rings. The molecule has 5 nitrogen and oxygen atoms in total.